The zero-order valence-corrected chi connectivity index (χ0v) is 10.3. The summed E-state index contributed by atoms with van der Waals surface area (Å²) in [4.78, 5) is 1.13. The van der Waals surface area contributed by atoms with Crippen LogP contribution < -0.4 is 5.73 Å². The lowest BCUT2D eigenvalue weighted by Crippen LogP contribution is -2.12. The Bertz CT molecular complexity index is 509. The fourth-order valence-corrected chi connectivity index (χ4v) is 2.64. The average molecular weight is 256 g/mol. The number of hydrogen-bond donors (Lipinski definition) is 1. The molecule has 0 saturated carbocycles. The average Bonchev–Trinajstić information content (AvgIpc) is 2.68. The van der Waals surface area contributed by atoms with Crippen molar-refractivity contribution in [1.82, 2.24) is 0 Å². The fourth-order valence-electron chi connectivity index (χ4n) is 1.65. The molecule has 16 heavy (non-hydrogen) atoms. The van der Waals surface area contributed by atoms with Gasteiger partial charge in [0, 0.05) is 4.88 Å². The SMILES string of the molecule is Cc1sccc1C(N)c1cccc(F)c1Cl. The summed E-state index contributed by atoms with van der Waals surface area (Å²) in [5, 5.41) is 2.08. The second-order valence-electron chi connectivity index (χ2n) is 3.55. The zero-order valence-electron chi connectivity index (χ0n) is 8.71. The molecule has 0 radical (unpaired) electrons. The maximum absolute atomic E-state index is 13.3. The van der Waals surface area contributed by atoms with E-state index in [1.807, 2.05) is 18.4 Å². The largest absolute Gasteiger partial charge is 0.320 e. The summed E-state index contributed by atoms with van der Waals surface area (Å²) in [5.74, 6) is -0.428. The Morgan fingerprint density at radius 1 is 1.31 bits per heavy atom. The van der Waals surface area contributed by atoms with E-state index in [1.165, 1.54) is 6.07 Å². The molecule has 0 fully saturated rings. The van der Waals surface area contributed by atoms with Crippen LogP contribution in [0.5, 0.6) is 0 Å². The van der Waals surface area contributed by atoms with Gasteiger partial charge in [-0.15, -0.1) is 11.3 Å². The van der Waals surface area contributed by atoms with Crippen LogP contribution in [0.1, 0.15) is 22.0 Å². The Hall–Kier alpha value is -0.900. The maximum Gasteiger partial charge on any atom is 0.142 e. The fraction of sp³-hybridized carbons (Fsp3) is 0.167. The van der Waals surface area contributed by atoms with Gasteiger partial charge >= 0.3 is 0 Å². The molecule has 1 aromatic carbocycles. The molecule has 4 heteroatoms. The molecule has 1 heterocycles. The van der Waals surface area contributed by atoms with E-state index in [4.69, 9.17) is 17.3 Å². The summed E-state index contributed by atoms with van der Waals surface area (Å²) in [6.07, 6.45) is 0. The zero-order chi connectivity index (χ0) is 11.7. The summed E-state index contributed by atoms with van der Waals surface area (Å²) in [6.45, 7) is 1.99. The number of nitrogens with two attached hydrogens (primary N) is 1. The molecule has 1 atom stereocenters. The van der Waals surface area contributed by atoms with Crippen LogP contribution in [0.4, 0.5) is 4.39 Å². The van der Waals surface area contributed by atoms with Crippen molar-refractivity contribution in [3.05, 3.63) is 56.5 Å². The summed E-state index contributed by atoms with van der Waals surface area (Å²) in [6, 6.07) is 6.30. The van der Waals surface area contributed by atoms with Crippen molar-refractivity contribution in [2.24, 2.45) is 5.73 Å². The summed E-state index contributed by atoms with van der Waals surface area (Å²) in [7, 11) is 0. The van der Waals surface area contributed by atoms with Gasteiger partial charge in [0.1, 0.15) is 5.82 Å². The first-order valence-corrected chi connectivity index (χ1v) is 6.10. The van der Waals surface area contributed by atoms with Gasteiger partial charge in [-0.05, 0) is 35.6 Å². The molecule has 2 rings (SSSR count). The van der Waals surface area contributed by atoms with Crippen LogP contribution in [0.15, 0.2) is 29.6 Å². The van der Waals surface area contributed by atoms with Crippen LogP contribution in [0, 0.1) is 12.7 Å². The number of aryl methyl sites for hydroxylation is 1. The molecular formula is C12H11ClFNS. The number of halogens is 2. The summed E-state index contributed by atoms with van der Waals surface area (Å²) in [5.41, 5.74) is 7.71. The predicted octanol–water partition coefficient (Wildman–Crippen LogP) is 3.90. The molecule has 0 aliphatic rings. The van der Waals surface area contributed by atoms with E-state index in [9.17, 15) is 4.39 Å². The highest BCUT2D eigenvalue weighted by atomic mass is 35.5. The molecule has 0 aliphatic carbocycles. The highest BCUT2D eigenvalue weighted by Gasteiger charge is 2.16. The first-order valence-electron chi connectivity index (χ1n) is 4.84. The second-order valence-corrected chi connectivity index (χ2v) is 5.05. The van der Waals surface area contributed by atoms with Crippen molar-refractivity contribution in [3.8, 4) is 0 Å². The maximum atomic E-state index is 13.3. The third-order valence-corrected chi connectivity index (χ3v) is 3.81. The van der Waals surface area contributed by atoms with E-state index >= 15 is 0 Å². The highest BCUT2D eigenvalue weighted by molar-refractivity contribution is 7.10. The van der Waals surface area contributed by atoms with Crippen LogP contribution in [0.2, 0.25) is 5.02 Å². The van der Waals surface area contributed by atoms with Crippen molar-refractivity contribution in [1.29, 1.82) is 0 Å². The van der Waals surface area contributed by atoms with E-state index in [2.05, 4.69) is 0 Å². The van der Waals surface area contributed by atoms with Crippen molar-refractivity contribution < 1.29 is 4.39 Å². The van der Waals surface area contributed by atoms with E-state index in [0.717, 1.165) is 10.4 Å². The molecular weight excluding hydrogens is 245 g/mol. The normalized spacial score (nSPS) is 12.8. The predicted molar refractivity (Wildman–Crippen MR) is 66.5 cm³/mol. The van der Waals surface area contributed by atoms with Crippen LogP contribution in [-0.4, -0.2) is 0 Å². The summed E-state index contributed by atoms with van der Waals surface area (Å²) < 4.78 is 13.3. The van der Waals surface area contributed by atoms with Crippen LogP contribution in [-0.2, 0) is 0 Å². The molecule has 1 nitrogen and oxygen atoms in total. The van der Waals surface area contributed by atoms with Gasteiger partial charge in [-0.2, -0.15) is 0 Å². The molecule has 0 saturated heterocycles. The Labute approximate surface area is 103 Å². The van der Waals surface area contributed by atoms with E-state index in [-0.39, 0.29) is 11.1 Å². The Morgan fingerprint density at radius 3 is 2.69 bits per heavy atom. The lowest BCUT2D eigenvalue weighted by molar-refractivity contribution is 0.624. The molecule has 84 valence electrons. The second kappa shape index (κ2) is 4.53. The molecule has 1 unspecified atom stereocenters. The Morgan fingerprint density at radius 2 is 2.06 bits per heavy atom. The molecule has 1 aromatic heterocycles. The van der Waals surface area contributed by atoms with Gasteiger partial charge in [0.2, 0.25) is 0 Å². The molecule has 0 bridgehead atoms. The van der Waals surface area contributed by atoms with Gasteiger partial charge in [-0.1, -0.05) is 23.7 Å². The number of benzene rings is 1. The van der Waals surface area contributed by atoms with E-state index in [1.54, 1.807) is 23.5 Å². The molecule has 0 amide bonds. The lowest BCUT2D eigenvalue weighted by Gasteiger charge is -2.14. The number of rotatable bonds is 2. The van der Waals surface area contributed by atoms with Gasteiger partial charge in [-0.3, -0.25) is 0 Å². The van der Waals surface area contributed by atoms with Gasteiger partial charge < -0.3 is 5.73 Å². The third-order valence-electron chi connectivity index (χ3n) is 2.55. The van der Waals surface area contributed by atoms with Crippen molar-refractivity contribution >= 4 is 22.9 Å². The van der Waals surface area contributed by atoms with Crippen LogP contribution in [0.25, 0.3) is 0 Å². The Kier molecular flexibility index (Phi) is 3.28. The standard InChI is InChI=1S/C12H11ClFNS/c1-7-8(5-6-16-7)12(15)9-3-2-4-10(14)11(9)13/h2-6,12H,15H2,1H3. The molecule has 0 spiro atoms. The minimum absolute atomic E-state index is 0.112. The number of thiophene rings is 1. The van der Waals surface area contributed by atoms with E-state index < -0.39 is 5.82 Å². The third kappa shape index (κ3) is 1.98. The van der Waals surface area contributed by atoms with Gasteiger partial charge in [0.25, 0.3) is 0 Å². The summed E-state index contributed by atoms with van der Waals surface area (Å²) >= 11 is 7.53. The number of hydrogen-bond acceptors (Lipinski definition) is 2. The molecule has 2 N–H and O–H groups in total. The van der Waals surface area contributed by atoms with E-state index in [0.29, 0.717) is 5.56 Å². The van der Waals surface area contributed by atoms with Crippen LogP contribution in [0.3, 0.4) is 0 Å². The topological polar surface area (TPSA) is 26.0 Å². The van der Waals surface area contributed by atoms with Gasteiger partial charge in [0.15, 0.2) is 0 Å². The van der Waals surface area contributed by atoms with Crippen molar-refractivity contribution in [3.63, 3.8) is 0 Å². The smallest absolute Gasteiger partial charge is 0.142 e. The van der Waals surface area contributed by atoms with Crippen molar-refractivity contribution in [2.45, 2.75) is 13.0 Å². The lowest BCUT2D eigenvalue weighted by atomic mass is 10.0. The van der Waals surface area contributed by atoms with Crippen molar-refractivity contribution in [2.75, 3.05) is 0 Å². The Balaban J connectivity index is 2.46. The van der Waals surface area contributed by atoms with Crippen LogP contribution >= 0.6 is 22.9 Å². The molecule has 0 aliphatic heterocycles. The van der Waals surface area contributed by atoms with Gasteiger partial charge in [0.05, 0.1) is 11.1 Å². The minimum Gasteiger partial charge on any atom is -0.320 e. The quantitative estimate of drug-likeness (QED) is 0.866. The monoisotopic (exact) mass is 255 g/mol. The van der Waals surface area contributed by atoms with Gasteiger partial charge in [-0.25, -0.2) is 4.39 Å². The first-order chi connectivity index (χ1) is 7.61. The highest BCUT2D eigenvalue weighted by Crippen LogP contribution is 2.31. The minimum atomic E-state index is -0.428. The molecule has 2 aromatic rings. The first kappa shape index (κ1) is 11.6.